The Kier molecular flexibility index (Phi) is 2.09. The number of aromatic nitrogens is 1. The van der Waals surface area contributed by atoms with Crippen LogP contribution in [0, 0.1) is 15.0 Å². The molecule has 3 aromatic rings. The third-order valence-corrected chi connectivity index (χ3v) is 2.92. The number of benzene rings is 2. The predicted molar refractivity (Wildman–Crippen MR) is 67.3 cm³/mol. The van der Waals surface area contributed by atoms with Crippen LogP contribution in [0.15, 0.2) is 47.8 Å². The Hall–Kier alpha value is -2.76. The molecular weight excluding hydrogens is 234 g/mol. The number of fused-ring (bicyclic) bond motifs is 3. The summed E-state index contributed by atoms with van der Waals surface area (Å²) in [6, 6.07) is 11.5. The van der Waals surface area contributed by atoms with E-state index in [0.29, 0.717) is 16.4 Å². The van der Waals surface area contributed by atoms with Gasteiger partial charge in [0.15, 0.2) is 0 Å². The van der Waals surface area contributed by atoms with Crippen LogP contribution >= 0.6 is 0 Å². The second kappa shape index (κ2) is 3.63. The molecule has 1 heterocycles. The van der Waals surface area contributed by atoms with Crippen LogP contribution in [-0.4, -0.2) is 9.60 Å². The average molecular weight is 241 g/mol. The molecule has 88 valence electrons. The summed E-state index contributed by atoms with van der Waals surface area (Å²) < 4.78 is 1.24. The van der Waals surface area contributed by atoms with E-state index in [2.05, 4.69) is 5.29 Å². The van der Waals surface area contributed by atoms with Gasteiger partial charge in [0.1, 0.15) is 0 Å². The van der Waals surface area contributed by atoms with Crippen molar-refractivity contribution in [3.05, 3.63) is 57.5 Å². The molecule has 2 aromatic carbocycles. The van der Waals surface area contributed by atoms with E-state index in [9.17, 15) is 15.0 Å². The predicted octanol–water partition coefficient (Wildman–Crippen LogP) is 3.23. The molecule has 0 aliphatic carbocycles. The zero-order chi connectivity index (χ0) is 12.7. The number of nitroso groups, excluding NO2 is 1. The molecule has 1 aromatic heterocycles. The molecule has 18 heavy (non-hydrogen) atoms. The van der Waals surface area contributed by atoms with Gasteiger partial charge in [-0.15, -0.1) is 4.91 Å². The van der Waals surface area contributed by atoms with Crippen LogP contribution in [0.3, 0.4) is 0 Å². The van der Waals surface area contributed by atoms with Gasteiger partial charge in [0.25, 0.3) is 5.69 Å². The Morgan fingerprint density at radius 1 is 1.06 bits per heavy atom. The van der Waals surface area contributed by atoms with Crippen molar-refractivity contribution in [1.82, 2.24) is 4.68 Å². The lowest BCUT2D eigenvalue weighted by molar-refractivity contribution is -0.384. The van der Waals surface area contributed by atoms with Gasteiger partial charge in [0.2, 0.25) is 0 Å². The lowest BCUT2D eigenvalue weighted by atomic mass is 10.1. The third kappa shape index (κ3) is 1.29. The third-order valence-electron chi connectivity index (χ3n) is 2.92. The van der Waals surface area contributed by atoms with Crippen LogP contribution in [0.1, 0.15) is 0 Å². The highest BCUT2D eigenvalue weighted by Crippen LogP contribution is 2.31. The van der Waals surface area contributed by atoms with Crippen molar-refractivity contribution in [1.29, 1.82) is 0 Å². The maximum absolute atomic E-state index is 10.9. The summed E-state index contributed by atoms with van der Waals surface area (Å²) in [6.07, 6.45) is 0. The summed E-state index contributed by atoms with van der Waals surface area (Å²) in [7, 11) is 0. The standard InChI is InChI=1S/C12H7N3O3/c16-13-14-11-4-2-1-3-9(11)10-7-8(15(17)18)5-6-12(10)14/h1-7H. The Balaban J connectivity index is 2.52. The number of nitrogens with zero attached hydrogens (tertiary/aromatic N) is 3. The molecule has 0 amide bonds. The van der Waals surface area contributed by atoms with Crippen LogP contribution in [0.25, 0.3) is 21.8 Å². The fourth-order valence-corrected chi connectivity index (χ4v) is 2.14. The summed E-state index contributed by atoms with van der Waals surface area (Å²) in [5, 5.41) is 15.2. The van der Waals surface area contributed by atoms with Crippen molar-refractivity contribution in [2.45, 2.75) is 0 Å². The first-order valence-corrected chi connectivity index (χ1v) is 5.23. The molecule has 0 aliphatic heterocycles. The van der Waals surface area contributed by atoms with Gasteiger partial charge < -0.3 is 0 Å². The lowest BCUT2D eigenvalue weighted by Gasteiger charge is -1.94. The molecule has 6 nitrogen and oxygen atoms in total. The van der Waals surface area contributed by atoms with E-state index in [4.69, 9.17) is 0 Å². The molecular formula is C12H7N3O3. The van der Waals surface area contributed by atoms with Crippen molar-refractivity contribution >= 4 is 27.5 Å². The highest BCUT2D eigenvalue weighted by molar-refractivity contribution is 6.08. The number of nitro groups is 1. The van der Waals surface area contributed by atoms with Crippen LogP contribution < -0.4 is 0 Å². The fourth-order valence-electron chi connectivity index (χ4n) is 2.14. The number of rotatable bonds is 2. The van der Waals surface area contributed by atoms with E-state index in [1.165, 1.54) is 22.9 Å². The van der Waals surface area contributed by atoms with Crippen LogP contribution in [0.2, 0.25) is 0 Å². The molecule has 0 bridgehead atoms. The number of non-ortho nitro benzene ring substituents is 1. The normalized spacial score (nSPS) is 10.9. The lowest BCUT2D eigenvalue weighted by Crippen LogP contribution is -1.88. The average Bonchev–Trinajstić information content (AvgIpc) is 2.71. The van der Waals surface area contributed by atoms with Crippen LogP contribution in [-0.2, 0) is 0 Å². The zero-order valence-electron chi connectivity index (χ0n) is 9.11. The smallest absolute Gasteiger partial charge is 0.258 e. The molecule has 3 rings (SSSR count). The molecule has 0 fully saturated rings. The van der Waals surface area contributed by atoms with E-state index in [1.54, 1.807) is 12.1 Å². The van der Waals surface area contributed by atoms with Gasteiger partial charge in [-0.3, -0.25) is 10.1 Å². The van der Waals surface area contributed by atoms with Gasteiger partial charge >= 0.3 is 0 Å². The van der Waals surface area contributed by atoms with Crippen molar-refractivity contribution < 1.29 is 4.92 Å². The number of hydrogen-bond acceptors (Lipinski definition) is 4. The van der Waals surface area contributed by atoms with Gasteiger partial charge in [-0.25, -0.2) is 0 Å². The van der Waals surface area contributed by atoms with Gasteiger partial charge in [-0.2, -0.15) is 4.68 Å². The number of para-hydroxylation sites is 1. The van der Waals surface area contributed by atoms with Gasteiger partial charge in [0.05, 0.1) is 21.2 Å². The molecule has 0 saturated heterocycles. The summed E-state index contributed by atoms with van der Waals surface area (Å²) in [5.41, 5.74) is 1.20. The minimum Gasteiger partial charge on any atom is -0.258 e. The highest BCUT2D eigenvalue weighted by Gasteiger charge is 2.14. The Labute approximate surface area is 101 Å². The topological polar surface area (TPSA) is 77.5 Å². The van der Waals surface area contributed by atoms with Crippen molar-refractivity contribution in [3.8, 4) is 0 Å². The van der Waals surface area contributed by atoms with E-state index < -0.39 is 4.92 Å². The van der Waals surface area contributed by atoms with E-state index in [0.717, 1.165) is 5.39 Å². The summed E-state index contributed by atoms with van der Waals surface area (Å²) in [6.45, 7) is 0. The molecule has 0 radical (unpaired) electrons. The minimum absolute atomic E-state index is 0.00342. The Morgan fingerprint density at radius 3 is 2.50 bits per heavy atom. The maximum atomic E-state index is 10.9. The maximum Gasteiger partial charge on any atom is 0.270 e. The second-order valence-electron chi connectivity index (χ2n) is 3.87. The molecule has 0 aliphatic rings. The van der Waals surface area contributed by atoms with E-state index in [-0.39, 0.29) is 5.69 Å². The highest BCUT2D eigenvalue weighted by atomic mass is 16.6. The summed E-state index contributed by atoms with van der Waals surface area (Å²) in [5.74, 6) is 0. The summed E-state index contributed by atoms with van der Waals surface area (Å²) in [4.78, 5) is 21.2. The molecule has 0 saturated carbocycles. The monoisotopic (exact) mass is 241 g/mol. The fraction of sp³-hybridized carbons (Fsp3) is 0. The molecule has 0 unspecified atom stereocenters. The first-order valence-electron chi connectivity index (χ1n) is 5.23. The summed E-state index contributed by atoms with van der Waals surface area (Å²) >= 11 is 0. The molecule has 0 spiro atoms. The molecule has 6 heteroatoms. The van der Waals surface area contributed by atoms with E-state index in [1.807, 2.05) is 12.1 Å². The first kappa shape index (κ1) is 10.4. The number of nitro benzene ring substituents is 1. The molecule has 0 N–H and O–H groups in total. The van der Waals surface area contributed by atoms with Crippen LogP contribution in [0.5, 0.6) is 0 Å². The minimum atomic E-state index is -0.458. The van der Waals surface area contributed by atoms with Crippen molar-refractivity contribution in [2.24, 2.45) is 5.29 Å². The quantitative estimate of drug-likeness (QED) is 0.392. The zero-order valence-corrected chi connectivity index (χ0v) is 9.11. The molecule has 0 atom stereocenters. The van der Waals surface area contributed by atoms with Crippen molar-refractivity contribution in [3.63, 3.8) is 0 Å². The second-order valence-corrected chi connectivity index (χ2v) is 3.87. The number of hydrogen-bond donors (Lipinski definition) is 0. The van der Waals surface area contributed by atoms with Crippen LogP contribution in [0.4, 0.5) is 5.69 Å². The Bertz CT molecular complexity index is 792. The van der Waals surface area contributed by atoms with Gasteiger partial charge in [-0.1, -0.05) is 18.2 Å². The SMILES string of the molecule is O=Nn1c2ccccc2c2cc([N+](=O)[O-])ccc21. The largest absolute Gasteiger partial charge is 0.270 e. The Morgan fingerprint density at radius 2 is 1.78 bits per heavy atom. The van der Waals surface area contributed by atoms with Gasteiger partial charge in [0, 0.05) is 22.9 Å². The van der Waals surface area contributed by atoms with Crippen molar-refractivity contribution in [2.75, 3.05) is 0 Å². The van der Waals surface area contributed by atoms with Gasteiger partial charge in [-0.05, 0) is 12.1 Å². The first-order chi connectivity index (χ1) is 8.72. The van der Waals surface area contributed by atoms with E-state index >= 15 is 0 Å².